The second-order valence-electron chi connectivity index (χ2n) is 8.88. The molecule has 1 rings (SSSR count). The molecule has 0 bridgehead atoms. The number of benzene rings is 1. The average molecular weight is 468 g/mol. The summed E-state index contributed by atoms with van der Waals surface area (Å²) in [5.74, 6) is 0.868. The van der Waals surface area contributed by atoms with Crippen LogP contribution in [0.3, 0.4) is 0 Å². The van der Waals surface area contributed by atoms with Gasteiger partial charge in [-0.05, 0) is 64.2 Å². The number of hydrogen-bond acceptors (Lipinski definition) is 6. The smallest absolute Gasteiger partial charge is 0.142 e. The third-order valence-corrected chi connectivity index (χ3v) is 6.07. The molecule has 0 aliphatic heterocycles. The van der Waals surface area contributed by atoms with Crippen LogP contribution in [-0.4, -0.2) is 71.5 Å². The lowest BCUT2D eigenvalue weighted by molar-refractivity contribution is -0.0531. The molecule has 0 fully saturated rings. The van der Waals surface area contributed by atoms with Crippen LogP contribution in [0.15, 0.2) is 18.2 Å². The van der Waals surface area contributed by atoms with Crippen molar-refractivity contribution in [3.8, 4) is 5.75 Å². The number of nitrogens with zero attached hydrogens (tertiary/aromatic N) is 1. The summed E-state index contributed by atoms with van der Waals surface area (Å²) in [7, 11) is 1.72. The Morgan fingerprint density at radius 2 is 1.67 bits per heavy atom. The number of anilines is 1. The fraction of sp³-hybridized carbons (Fsp3) is 0.778. The van der Waals surface area contributed by atoms with Gasteiger partial charge in [0.1, 0.15) is 5.75 Å². The monoisotopic (exact) mass is 467 g/mol. The van der Waals surface area contributed by atoms with Crippen LogP contribution in [0.2, 0.25) is 0 Å². The van der Waals surface area contributed by atoms with Crippen LogP contribution in [0.1, 0.15) is 65.9 Å². The fourth-order valence-electron chi connectivity index (χ4n) is 3.39. The normalized spacial score (nSPS) is 14.2. The lowest BCUT2D eigenvalue weighted by Crippen LogP contribution is -2.36. The molecule has 0 amide bonds. The maximum absolute atomic E-state index is 6.37. The molecule has 0 N–H and O–H groups in total. The Bertz CT molecular complexity index is 627. The Labute approximate surface area is 202 Å². The van der Waals surface area contributed by atoms with Gasteiger partial charge in [-0.3, -0.25) is 0 Å². The van der Waals surface area contributed by atoms with Gasteiger partial charge in [-0.15, -0.1) is 0 Å². The molecule has 0 radical (unpaired) electrons. The van der Waals surface area contributed by atoms with Crippen molar-refractivity contribution in [2.45, 2.75) is 78.9 Å². The Balaban J connectivity index is 2.68. The van der Waals surface area contributed by atoms with Gasteiger partial charge in [-0.2, -0.15) is 0 Å². The number of ether oxygens (including phenoxy) is 5. The number of methoxy groups -OCH3 is 1. The highest BCUT2D eigenvalue weighted by Crippen LogP contribution is 2.29. The molecule has 192 valence electrons. The number of hydrogen-bond donors (Lipinski definition) is 0. The maximum atomic E-state index is 6.37. The Kier molecular flexibility index (Phi) is 15.4. The van der Waals surface area contributed by atoms with Crippen molar-refractivity contribution in [1.82, 2.24) is 0 Å². The summed E-state index contributed by atoms with van der Waals surface area (Å²) in [5, 5.41) is 0. The average Bonchev–Trinajstić information content (AvgIpc) is 2.82. The first kappa shape index (κ1) is 29.7. The lowest BCUT2D eigenvalue weighted by atomic mass is 9.99. The predicted octanol–water partition coefficient (Wildman–Crippen LogP) is 5.64. The number of rotatable bonds is 20. The Morgan fingerprint density at radius 1 is 0.939 bits per heavy atom. The first-order valence-corrected chi connectivity index (χ1v) is 12.7. The zero-order chi connectivity index (χ0) is 24.5. The van der Waals surface area contributed by atoms with Gasteiger partial charge in [0.05, 0.1) is 50.9 Å². The predicted molar refractivity (Wildman–Crippen MR) is 137 cm³/mol. The zero-order valence-corrected chi connectivity index (χ0v) is 22.3. The zero-order valence-electron chi connectivity index (χ0n) is 22.3. The molecule has 0 aromatic heterocycles. The molecule has 0 heterocycles. The number of aryl methyl sites for hydroxylation is 1. The van der Waals surface area contributed by atoms with E-state index in [9.17, 15) is 0 Å². The molecule has 33 heavy (non-hydrogen) atoms. The highest BCUT2D eigenvalue weighted by atomic mass is 16.5. The van der Waals surface area contributed by atoms with Crippen LogP contribution in [0, 0.1) is 6.92 Å². The lowest BCUT2D eigenvalue weighted by Gasteiger charge is -2.32. The van der Waals surface area contributed by atoms with Crippen molar-refractivity contribution in [3.63, 3.8) is 0 Å². The Morgan fingerprint density at radius 3 is 2.33 bits per heavy atom. The summed E-state index contributed by atoms with van der Waals surface area (Å²) in [5.41, 5.74) is 2.09. The van der Waals surface area contributed by atoms with Crippen LogP contribution >= 0.6 is 0 Å². The summed E-state index contributed by atoms with van der Waals surface area (Å²) in [6, 6.07) is 6.27. The molecule has 0 aliphatic rings. The first-order valence-electron chi connectivity index (χ1n) is 12.7. The third-order valence-electron chi connectivity index (χ3n) is 6.07. The van der Waals surface area contributed by atoms with Crippen LogP contribution in [0.25, 0.3) is 0 Å². The molecule has 2 unspecified atom stereocenters. The van der Waals surface area contributed by atoms with Gasteiger partial charge in [0.2, 0.25) is 0 Å². The van der Waals surface area contributed by atoms with E-state index < -0.39 is 0 Å². The van der Waals surface area contributed by atoms with Gasteiger partial charge < -0.3 is 28.6 Å². The third kappa shape index (κ3) is 12.1. The fourth-order valence-corrected chi connectivity index (χ4v) is 3.39. The molecular weight excluding hydrogens is 418 g/mol. The second-order valence-corrected chi connectivity index (χ2v) is 8.88. The van der Waals surface area contributed by atoms with Gasteiger partial charge in [0.15, 0.2) is 0 Å². The topological polar surface area (TPSA) is 49.4 Å². The summed E-state index contributed by atoms with van der Waals surface area (Å²) >= 11 is 0. The van der Waals surface area contributed by atoms with E-state index in [0.29, 0.717) is 26.4 Å². The van der Waals surface area contributed by atoms with E-state index in [1.54, 1.807) is 7.11 Å². The molecule has 1 aromatic rings. The summed E-state index contributed by atoms with van der Waals surface area (Å²) < 4.78 is 29.3. The van der Waals surface area contributed by atoms with E-state index in [1.807, 2.05) is 6.07 Å². The molecule has 0 aliphatic carbocycles. The van der Waals surface area contributed by atoms with Gasteiger partial charge in [-0.25, -0.2) is 0 Å². The largest absolute Gasteiger partial charge is 0.495 e. The van der Waals surface area contributed by atoms with Crippen molar-refractivity contribution in [1.29, 1.82) is 0 Å². The van der Waals surface area contributed by atoms with E-state index in [1.165, 1.54) is 5.56 Å². The molecule has 6 heteroatoms. The summed E-state index contributed by atoms with van der Waals surface area (Å²) in [6.45, 7) is 18.4. The quantitative estimate of drug-likeness (QED) is 0.231. The SMILES string of the molecule is CCCOCCC(C)(CC)OCCN(CCOCCOC(C)CC)c1cc(C)ccc1OC. The van der Waals surface area contributed by atoms with Gasteiger partial charge in [-0.1, -0.05) is 26.8 Å². The van der Waals surface area contributed by atoms with E-state index in [2.05, 4.69) is 58.6 Å². The van der Waals surface area contributed by atoms with Gasteiger partial charge in [0, 0.05) is 26.3 Å². The van der Waals surface area contributed by atoms with Crippen molar-refractivity contribution < 1.29 is 23.7 Å². The molecule has 6 nitrogen and oxygen atoms in total. The molecule has 1 aromatic carbocycles. The van der Waals surface area contributed by atoms with Crippen molar-refractivity contribution in [2.75, 3.05) is 64.7 Å². The van der Waals surface area contributed by atoms with Gasteiger partial charge >= 0.3 is 0 Å². The minimum Gasteiger partial charge on any atom is -0.495 e. The Hall–Kier alpha value is -1.34. The van der Waals surface area contributed by atoms with Crippen molar-refractivity contribution in [2.24, 2.45) is 0 Å². The minimum atomic E-state index is -0.181. The minimum absolute atomic E-state index is 0.181. The van der Waals surface area contributed by atoms with E-state index in [-0.39, 0.29) is 11.7 Å². The van der Waals surface area contributed by atoms with E-state index >= 15 is 0 Å². The second kappa shape index (κ2) is 17.1. The van der Waals surface area contributed by atoms with Crippen molar-refractivity contribution >= 4 is 5.69 Å². The highest BCUT2D eigenvalue weighted by molar-refractivity contribution is 5.60. The molecule has 0 saturated heterocycles. The highest BCUT2D eigenvalue weighted by Gasteiger charge is 2.23. The molecule has 2 atom stereocenters. The van der Waals surface area contributed by atoms with Crippen molar-refractivity contribution in [3.05, 3.63) is 23.8 Å². The maximum Gasteiger partial charge on any atom is 0.142 e. The van der Waals surface area contributed by atoms with Crippen LogP contribution in [0.4, 0.5) is 5.69 Å². The van der Waals surface area contributed by atoms with Gasteiger partial charge in [0.25, 0.3) is 0 Å². The molecular formula is C27H49NO5. The molecule has 0 saturated carbocycles. The first-order chi connectivity index (χ1) is 15.9. The van der Waals surface area contributed by atoms with Crippen LogP contribution < -0.4 is 9.64 Å². The standard InChI is InChI=1S/C27H49NO5/c1-8-16-30-17-13-27(6,10-3)33-19-15-28(14-18-31-20-21-32-24(5)9-2)25-22-23(4)11-12-26(25)29-7/h11-12,22,24H,8-10,13-21H2,1-7H3. The summed E-state index contributed by atoms with van der Waals surface area (Å²) in [6.07, 6.45) is 4.19. The summed E-state index contributed by atoms with van der Waals surface area (Å²) in [4.78, 5) is 2.30. The molecule has 0 spiro atoms. The van der Waals surface area contributed by atoms with Crippen LogP contribution in [0.5, 0.6) is 5.75 Å². The van der Waals surface area contributed by atoms with E-state index in [4.69, 9.17) is 23.7 Å². The van der Waals surface area contributed by atoms with Crippen LogP contribution in [-0.2, 0) is 18.9 Å². The van der Waals surface area contributed by atoms with E-state index in [0.717, 1.165) is 63.4 Å².